The van der Waals surface area contributed by atoms with Gasteiger partial charge in [-0.3, -0.25) is 0 Å². The Balaban J connectivity index is 1.81. The van der Waals surface area contributed by atoms with E-state index in [1.54, 1.807) is 0 Å². The molecule has 1 aliphatic carbocycles. The van der Waals surface area contributed by atoms with E-state index in [1.165, 1.54) is 38.5 Å². The summed E-state index contributed by atoms with van der Waals surface area (Å²) in [6, 6.07) is 0.631. The molecule has 0 aromatic heterocycles. The van der Waals surface area contributed by atoms with Gasteiger partial charge in [-0.05, 0) is 43.8 Å². The molecule has 1 saturated heterocycles. The quantitative estimate of drug-likeness (QED) is 0.692. The van der Waals surface area contributed by atoms with Crippen molar-refractivity contribution in [1.82, 2.24) is 10.2 Å². The van der Waals surface area contributed by atoms with E-state index in [4.69, 9.17) is 12.2 Å². The fraction of sp³-hybridized carbons (Fsp3) is 0.917. The Morgan fingerprint density at radius 1 is 1.13 bits per heavy atom. The lowest BCUT2D eigenvalue weighted by Crippen LogP contribution is -2.46. The van der Waals surface area contributed by atoms with Crippen LogP contribution in [0.2, 0.25) is 0 Å². The molecule has 1 saturated carbocycles. The highest BCUT2D eigenvalue weighted by molar-refractivity contribution is 7.80. The number of hydrogen-bond donors (Lipinski definition) is 1. The lowest BCUT2D eigenvalue weighted by Gasteiger charge is -2.32. The normalized spacial score (nSPS) is 31.7. The van der Waals surface area contributed by atoms with Crippen molar-refractivity contribution in [3.8, 4) is 0 Å². The van der Waals surface area contributed by atoms with Gasteiger partial charge in [0.1, 0.15) is 0 Å². The predicted molar refractivity (Wildman–Crippen MR) is 68.0 cm³/mol. The van der Waals surface area contributed by atoms with Crippen LogP contribution in [0.25, 0.3) is 0 Å². The molecule has 2 atom stereocenters. The Morgan fingerprint density at radius 3 is 2.47 bits per heavy atom. The fourth-order valence-corrected chi connectivity index (χ4v) is 3.03. The zero-order valence-corrected chi connectivity index (χ0v) is 10.5. The fourth-order valence-electron chi connectivity index (χ4n) is 2.70. The molecule has 15 heavy (non-hydrogen) atoms. The molecule has 2 aliphatic rings. The van der Waals surface area contributed by atoms with E-state index in [2.05, 4.69) is 17.1 Å². The van der Waals surface area contributed by atoms with E-state index < -0.39 is 0 Å². The Morgan fingerprint density at radius 2 is 1.80 bits per heavy atom. The molecule has 2 rings (SSSR count). The summed E-state index contributed by atoms with van der Waals surface area (Å²) in [5.41, 5.74) is 0. The first-order valence-corrected chi connectivity index (χ1v) is 6.73. The van der Waals surface area contributed by atoms with Gasteiger partial charge in [-0.2, -0.15) is 0 Å². The van der Waals surface area contributed by atoms with Crippen molar-refractivity contribution in [2.45, 2.75) is 51.5 Å². The topological polar surface area (TPSA) is 15.3 Å². The first-order valence-electron chi connectivity index (χ1n) is 6.33. The van der Waals surface area contributed by atoms with E-state index in [9.17, 15) is 0 Å². The molecule has 1 N–H and O–H groups in total. The van der Waals surface area contributed by atoms with Crippen LogP contribution in [0.15, 0.2) is 0 Å². The van der Waals surface area contributed by atoms with Crippen molar-refractivity contribution in [3.05, 3.63) is 0 Å². The second-order valence-electron chi connectivity index (χ2n) is 5.01. The minimum atomic E-state index is 0.631. The van der Waals surface area contributed by atoms with Crippen LogP contribution in [0.5, 0.6) is 0 Å². The van der Waals surface area contributed by atoms with Gasteiger partial charge in [0.05, 0.1) is 0 Å². The highest BCUT2D eigenvalue weighted by Gasteiger charge is 2.24. The van der Waals surface area contributed by atoms with Gasteiger partial charge < -0.3 is 10.2 Å². The van der Waals surface area contributed by atoms with Gasteiger partial charge in [-0.25, -0.2) is 0 Å². The Hall–Kier alpha value is -0.310. The monoisotopic (exact) mass is 226 g/mol. The molecule has 2 unspecified atom stereocenters. The highest BCUT2D eigenvalue weighted by Crippen LogP contribution is 2.24. The number of nitrogens with zero attached hydrogens (tertiary/aromatic N) is 1. The van der Waals surface area contributed by atoms with Gasteiger partial charge in [-0.1, -0.05) is 19.8 Å². The molecular weight excluding hydrogens is 204 g/mol. The number of nitrogens with one attached hydrogen (secondary N) is 1. The molecule has 0 radical (unpaired) electrons. The van der Waals surface area contributed by atoms with Gasteiger partial charge >= 0.3 is 0 Å². The van der Waals surface area contributed by atoms with Gasteiger partial charge in [0.25, 0.3) is 0 Å². The van der Waals surface area contributed by atoms with Crippen LogP contribution in [-0.2, 0) is 0 Å². The van der Waals surface area contributed by atoms with E-state index >= 15 is 0 Å². The van der Waals surface area contributed by atoms with Crippen LogP contribution < -0.4 is 5.32 Å². The van der Waals surface area contributed by atoms with E-state index in [0.29, 0.717) is 6.04 Å². The minimum Gasteiger partial charge on any atom is -0.360 e. The van der Waals surface area contributed by atoms with Crippen LogP contribution in [0, 0.1) is 5.92 Å². The predicted octanol–water partition coefficient (Wildman–Crippen LogP) is 2.54. The number of hydrogen-bond acceptors (Lipinski definition) is 1. The lowest BCUT2D eigenvalue weighted by molar-refractivity contribution is 0.301. The van der Waals surface area contributed by atoms with E-state index in [1.807, 2.05) is 0 Å². The molecule has 0 bridgehead atoms. The summed E-state index contributed by atoms with van der Waals surface area (Å²) < 4.78 is 0. The van der Waals surface area contributed by atoms with Crippen LogP contribution in [0.3, 0.4) is 0 Å². The van der Waals surface area contributed by atoms with Crippen LogP contribution in [0.1, 0.15) is 45.4 Å². The van der Waals surface area contributed by atoms with Crippen LogP contribution >= 0.6 is 12.2 Å². The summed E-state index contributed by atoms with van der Waals surface area (Å²) in [6.07, 6.45) is 8.04. The maximum absolute atomic E-state index is 5.46. The minimum absolute atomic E-state index is 0.631. The second-order valence-corrected chi connectivity index (χ2v) is 5.40. The summed E-state index contributed by atoms with van der Waals surface area (Å²) in [7, 11) is 0. The second kappa shape index (κ2) is 5.15. The third-order valence-electron chi connectivity index (χ3n) is 3.81. The summed E-state index contributed by atoms with van der Waals surface area (Å²) in [5, 5.41) is 4.57. The molecule has 0 spiro atoms. The van der Waals surface area contributed by atoms with Crippen molar-refractivity contribution < 1.29 is 0 Å². The molecule has 0 amide bonds. The zero-order chi connectivity index (χ0) is 10.7. The molecule has 3 heteroatoms. The van der Waals surface area contributed by atoms with Crippen LogP contribution in [-0.4, -0.2) is 29.1 Å². The number of thiocarbonyl (C=S) groups is 1. The van der Waals surface area contributed by atoms with Crippen molar-refractivity contribution in [2.75, 3.05) is 13.1 Å². The average molecular weight is 226 g/mol. The highest BCUT2D eigenvalue weighted by atomic mass is 32.1. The first-order chi connectivity index (χ1) is 7.27. The van der Waals surface area contributed by atoms with Crippen molar-refractivity contribution >= 4 is 17.3 Å². The SMILES string of the molecule is CC1CCCCC1NC(=S)N1CCCC1. The summed E-state index contributed by atoms with van der Waals surface area (Å²) in [6.45, 7) is 4.67. The average Bonchev–Trinajstić information content (AvgIpc) is 2.74. The maximum atomic E-state index is 5.46. The molecule has 1 heterocycles. The summed E-state index contributed by atoms with van der Waals surface area (Å²) in [5.74, 6) is 0.791. The Kier molecular flexibility index (Phi) is 3.84. The Labute approximate surface area is 98.4 Å². The van der Waals surface area contributed by atoms with Gasteiger partial charge in [0, 0.05) is 19.1 Å². The van der Waals surface area contributed by atoms with Gasteiger partial charge in [0.15, 0.2) is 5.11 Å². The zero-order valence-electron chi connectivity index (χ0n) is 9.67. The van der Waals surface area contributed by atoms with E-state index in [-0.39, 0.29) is 0 Å². The van der Waals surface area contributed by atoms with Crippen LogP contribution in [0.4, 0.5) is 0 Å². The lowest BCUT2D eigenvalue weighted by atomic mass is 9.86. The van der Waals surface area contributed by atoms with Gasteiger partial charge in [0.2, 0.25) is 0 Å². The summed E-state index contributed by atoms with van der Waals surface area (Å²) in [4.78, 5) is 2.33. The van der Waals surface area contributed by atoms with Crippen molar-refractivity contribution in [2.24, 2.45) is 5.92 Å². The third kappa shape index (κ3) is 2.83. The molecule has 86 valence electrons. The smallest absolute Gasteiger partial charge is 0.169 e. The number of rotatable bonds is 1. The molecule has 0 aromatic rings. The molecule has 1 aliphatic heterocycles. The third-order valence-corrected chi connectivity index (χ3v) is 4.19. The van der Waals surface area contributed by atoms with Crippen molar-refractivity contribution in [1.29, 1.82) is 0 Å². The standard InChI is InChI=1S/C12H22N2S/c1-10-6-2-3-7-11(10)13-12(15)14-8-4-5-9-14/h10-11H,2-9H2,1H3,(H,13,15). The van der Waals surface area contributed by atoms with Crippen molar-refractivity contribution in [3.63, 3.8) is 0 Å². The maximum Gasteiger partial charge on any atom is 0.169 e. The van der Waals surface area contributed by atoms with Gasteiger partial charge in [-0.15, -0.1) is 0 Å². The first kappa shape index (κ1) is 11.2. The molecule has 2 fully saturated rings. The largest absolute Gasteiger partial charge is 0.360 e. The molecular formula is C12H22N2S. The Bertz CT molecular complexity index is 224. The molecule has 2 nitrogen and oxygen atoms in total. The number of likely N-dealkylation sites (tertiary alicyclic amines) is 1. The van der Waals surface area contributed by atoms with E-state index in [0.717, 1.165) is 24.1 Å². The summed E-state index contributed by atoms with van der Waals surface area (Å²) >= 11 is 5.46. The molecule has 0 aromatic carbocycles.